The molecule has 0 spiro atoms. The molecule has 0 bridgehead atoms. The van der Waals surface area contributed by atoms with Crippen LogP contribution in [0, 0.1) is 5.82 Å². The van der Waals surface area contributed by atoms with Crippen LogP contribution in [-0.4, -0.2) is 49.8 Å². The largest absolute Gasteiger partial charge is 0.490 e. The molecule has 8 heteroatoms. The Labute approximate surface area is 176 Å². The van der Waals surface area contributed by atoms with Crippen LogP contribution < -0.4 is 25.0 Å². The van der Waals surface area contributed by atoms with Gasteiger partial charge in [-0.25, -0.2) is 14.4 Å². The van der Waals surface area contributed by atoms with Gasteiger partial charge in [0, 0.05) is 38.3 Å². The highest BCUT2D eigenvalue weighted by molar-refractivity contribution is 5.80. The number of benzene rings is 1. The van der Waals surface area contributed by atoms with Crippen LogP contribution in [-0.2, 0) is 6.54 Å². The summed E-state index contributed by atoms with van der Waals surface area (Å²) in [4.78, 5) is 10.9. The standard InChI is InChI=1S/C22H28FN5O2/c1-2-24-22(26-14-16-6-7-19-20(13-16)30-12-4-11-29-19)27-17-8-10-28(15-17)21-18(23)5-3-9-25-21/h3,5-7,9,13,17H,2,4,8,10-12,14-15H2,1H3,(H2,24,26,27). The topological polar surface area (TPSA) is 71.0 Å². The molecule has 1 fully saturated rings. The molecule has 7 nitrogen and oxygen atoms in total. The Bertz CT molecular complexity index is 892. The lowest BCUT2D eigenvalue weighted by Crippen LogP contribution is -2.44. The molecule has 3 heterocycles. The van der Waals surface area contributed by atoms with Crippen molar-refractivity contribution >= 4 is 11.8 Å². The van der Waals surface area contributed by atoms with Crippen molar-refractivity contribution in [2.75, 3.05) is 37.7 Å². The van der Waals surface area contributed by atoms with E-state index in [9.17, 15) is 4.39 Å². The fraction of sp³-hybridized carbons (Fsp3) is 0.455. The molecule has 1 aromatic carbocycles. The lowest BCUT2D eigenvalue weighted by molar-refractivity contribution is 0.297. The number of nitrogens with one attached hydrogen (secondary N) is 2. The normalized spacial score (nSPS) is 18.8. The Morgan fingerprint density at radius 3 is 2.97 bits per heavy atom. The van der Waals surface area contributed by atoms with Gasteiger partial charge in [0.05, 0.1) is 19.8 Å². The van der Waals surface area contributed by atoms with Gasteiger partial charge in [0.1, 0.15) is 0 Å². The Morgan fingerprint density at radius 1 is 1.27 bits per heavy atom. The molecule has 0 aliphatic carbocycles. The van der Waals surface area contributed by atoms with Crippen molar-refractivity contribution in [3.05, 3.63) is 47.9 Å². The zero-order chi connectivity index (χ0) is 20.8. The summed E-state index contributed by atoms with van der Waals surface area (Å²) in [5.41, 5.74) is 1.06. The van der Waals surface area contributed by atoms with Gasteiger partial charge in [-0.3, -0.25) is 0 Å². The summed E-state index contributed by atoms with van der Waals surface area (Å²) in [6.07, 6.45) is 3.40. The van der Waals surface area contributed by atoms with Gasteiger partial charge in [-0.2, -0.15) is 0 Å². The maximum atomic E-state index is 14.0. The van der Waals surface area contributed by atoms with Crippen LogP contribution in [0.1, 0.15) is 25.3 Å². The van der Waals surface area contributed by atoms with E-state index >= 15 is 0 Å². The van der Waals surface area contributed by atoms with E-state index in [-0.39, 0.29) is 11.9 Å². The molecule has 1 atom stereocenters. The zero-order valence-corrected chi connectivity index (χ0v) is 17.2. The van der Waals surface area contributed by atoms with Gasteiger partial charge < -0.3 is 25.0 Å². The minimum absolute atomic E-state index is 0.174. The number of guanidine groups is 1. The summed E-state index contributed by atoms with van der Waals surface area (Å²) in [5.74, 6) is 2.45. The monoisotopic (exact) mass is 413 g/mol. The Hall–Kier alpha value is -3.03. The average Bonchev–Trinajstić information content (AvgIpc) is 3.08. The zero-order valence-electron chi connectivity index (χ0n) is 17.2. The first-order valence-electron chi connectivity index (χ1n) is 10.5. The molecule has 1 aromatic heterocycles. The number of pyridine rings is 1. The molecule has 2 aliphatic heterocycles. The minimum atomic E-state index is -0.284. The number of rotatable bonds is 5. The summed E-state index contributed by atoms with van der Waals surface area (Å²) in [6.45, 7) is 6.11. The number of hydrogen-bond donors (Lipinski definition) is 2. The summed E-state index contributed by atoms with van der Waals surface area (Å²) < 4.78 is 25.5. The van der Waals surface area contributed by atoms with Gasteiger partial charge in [0.2, 0.25) is 0 Å². The van der Waals surface area contributed by atoms with Crippen molar-refractivity contribution in [2.45, 2.75) is 32.4 Å². The molecule has 2 N–H and O–H groups in total. The van der Waals surface area contributed by atoms with E-state index in [4.69, 9.17) is 14.5 Å². The van der Waals surface area contributed by atoms with Crippen LogP contribution in [0.15, 0.2) is 41.5 Å². The Kier molecular flexibility index (Phi) is 6.51. The molecule has 30 heavy (non-hydrogen) atoms. The number of halogens is 1. The van der Waals surface area contributed by atoms with E-state index < -0.39 is 0 Å². The van der Waals surface area contributed by atoms with Crippen molar-refractivity contribution in [3.8, 4) is 11.5 Å². The first kappa shape index (κ1) is 20.3. The van der Waals surface area contributed by atoms with Crippen LogP contribution in [0.25, 0.3) is 0 Å². The molecular formula is C22H28FN5O2. The van der Waals surface area contributed by atoms with E-state index in [0.717, 1.165) is 49.0 Å². The molecule has 160 valence electrons. The van der Waals surface area contributed by atoms with E-state index in [1.165, 1.54) is 6.07 Å². The van der Waals surface area contributed by atoms with Crippen molar-refractivity contribution < 1.29 is 13.9 Å². The third kappa shape index (κ3) is 4.93. The number of aliphatic imine (C=N–C) groups is 1. The Balaban J connectivity index is 1.39. The quantitative estimate of drug-likeness (QED) is 0.580. The predicted octanol–water partition coefficient (Wildman–Crippen LogP) is 2.72. The second-order valence-corrected chi connectivity index (χ2v) is 7.41. The van der Waals surface area contributed by atoms with Crippen LogP contribution >= 0.6 is 0 Å². The number of anilines is 1. The van der Waals surface area contributed by atoms with Gasteiger partial charge in [0.25, 0.3) is 0 Å². The third-order valence-electron chi connectivity index (χ3n) is 5.14. The predicted molar refractivity (Wildman–Crippen MR) is 115 cm³/mol. The molecule has 2 aromatic rings. The third-order valence-corrected chi connectivity index (χ3v) is 5.14. The second kappa shape index (κ2) is 9.65. The summed E-state index contributed by atoms with van der Waals surface area (Å²) in [7, 11) is 0. The molecule has 0 amide bonds. The number of nitrogens with zero attached hydrogens (tertiary/aromatic N) is 3. The van der Waals surface area contributed by atoms with E-state index in [0.29, 0.717) is 32.1 Å². The lowest BCUT2D eigenvalue weighted by atomic mass is 10.2. The first-order chi connectivity index (χ1) is 14.7. The first-order valence-corrected chi connectivity index (χ1v) is 10.5. The molecule has 0 saturated carbocycles. The highest BCUT2D eigenvalue weighted by atomic mass is 19.1. The summed E-state index contributed by atoms with van der Waals surface area (Å²) in [6, 6.07) is 9.19. The SMILES string of the molecule is CCNC(=NCc1ccc2c(c1)OCCCO2)NC1CCN(c2ncccc2F)C1. The van der Waals surface area contributed by atoms with Gasteiger partial charge in [-0.05, 0) is 43.2 Å². The van der Waals surface area contributed by atoms with Gasteiger partial charge in [-0.15, -0.1) is 0 Å². The summed E-state index contributed by atoms with van der Waals surface area (Å²) in [5, 5.41) is 6.76. The van der Waals surface area contributed by atoms with E-state index in [1.54, 1.807) is 12.3 Å². The molecule has 4 rings (SSSR count). The van der Waals surface area contributed by atoms with Crippen LogP contribution in [0.4, 0.5) is 10.2 Å². The molecular weight excluding hydrogens is 385 g/mol. The second-order valence-electron chi connectivity index (χ2n) is 7.41. The van der Waals surface area contributed by atoms with Gasteiger partial charge >= 0.3 is 0 Å². The number of aromatic nitrogens is 1. The van der Waals surface area contributed by atoms with Crippen molar-refractivity contribution in [1.29, 1.82) is 0 Å². The van der Waals surface area contributed by atoms with Crippen molar-refractivity contribution in [2.24, 2.45) is 4.99 Å². The van der Waals surface area contributed by atoms with Crippen LogP contribution in [0.3, 0.4) is 0 Å². The highest BCUT2D eigenvalue weighted by Gasteiger charge is 2.26. The summed E-state index contributed by atoms with van der Waals surface area (Å²) >= 11 is 0. The average molecular weight is 413 g/mol. The maximum absolute atomic E-state index is 14.0. The van der Waals surface area contributed by atoms with Gasteiger partial charge in [-0.1, -0.05) is 6.07 Å². The number of hydrogen-bond acceptors (Lipinski definition) is 5. The van der Waals surface area contributed by atoms with E-state index in [2.05, 4.69) is 15.6 Å². The smallest absolute Gasteiger partial charge is 0.191 e. The number of ether oxygens (including phenoxy) is 2. The fourth-order valence-corrected chi connectivity index (χ4v) is 3.67. The fourth-order valence-electron chi connectivity index (χ4n) is 3.67. The van der Waals surface area contributed by atoms with E-state index in [1.807, 2.05) is 30.0 Å². The van der Waals surface area contributed by atoms with Gasteiger partial charge in [0.15, 0.2) is 29.1 Å². The van der Waals surface area contributed by atoms with Crippen molar-refractivity contribution in [1.82, 2.24) is 15.6 Å². The lowest BCUT2D eigenvalue weighted by Gasteiger charge is -2.20. The minimum Gasteiger partial charge on any atom is -0.490 e. The molecule has 1 unspecified atom stereocenters. The molecule has 1 saturated heterocycles. The maximum Gasteiger partial charge on any atom is 0.191 e. The highest BCUT2D eigenvalue weighted by Crippen LogP contribution is 2.30. The molecule has 2 aliphatic rings. The van der Waals surface area contributed by atoms with Crippen LogP contribution in [0.2, 0.25) is 0 Å². The molecule has 0 radical (unpaired) electrons. The van der Waals surface area contributed by atoms with Crippen molar-refractivity contribution in [3.63, 3.8) is 0 Å². The Morgan fingerprint density at radius 2 is 2.13 bits per heavy atom. The van der Waals surface area contributed by atoms with Crippen LogP contribution in [0.5, 0.6) is 11.5 Å². The number of fused-ring (bicyclic) bond motifs is 1.